The summed E-state index contributed by atoms with van der Waals surface area (Å²) in [6.45, 7) is 4.14. The molecule has 2 N–H and O–H groups in total. The SMILES string of the molecule is CC/C=C(/N)CC. The molecule has 0 saturated carbocycles. The number of rotatable bonds is 2. The minimum absolute atomic E-state index is 0.980. The summed E-state index contributed by atoms with van der Waals surface area (Å²) in [4.78, 5) is 0. The van der Waals surface area contributed by atoms with Crippen LogP contribution in [-0.2, 0) is 0 Å². The summed E-state index contributed by atoms with van der Waals surface area (Å²) >= 11 is 0. The first-order valence-electron chi connectivity index (χ1n) is 2.75. The third kappa shape index (κ3) is 3.37. The molecule has 0 aromatic rings. The lowest BCUT2D eigenvalue weighted by atomic mass is 10.3. The van der Waals surface area contributed by atoms with Crippen molar-refractivity contribution >= 4 is 0 Å². The van der Waals surface area contributed by atoms with Gasteiger partial charge in [0.1, 0.15) is 0 Å². The van der Waals surface area contributed by atoms with Crippen LogP contribution in [0.3, 0.4) is 0 Å². The van der Waals surface area contributed by atoms with E-state index < -0.39 is 0 Å². The van der Waals surface area contributed by atoms with Gasteiger partial charge in [0.15, 0.2) is 0 Å². The van der Waals surface area contributed by atoms with Crippen molar-refractivity contribution in [3.05, 3.63) is 11.8 Å². The largest absolute Gasteiger partial charge is 0.402 e. The van der Waals surface area contributed by atoms with Crippen molar-refractivity contribution in [3.63, 3.8) is 0 Å². The number of allylic oxidation sites excluding steroid dienone is 2. The second-order valence-corrected chi connectivity index (χ2v) is 1.54. The Kier molecular flexibility index (Phi) is 3.48. The zero-order valence-corrected chi connectivity index (χ0v) is 5.07. The molecule has 1 nitrogen and oxygen atoms in total. The summed E-state index contributed by atoms with van der Waals surface area (Å²) in [5.74, 6) is 0. The van der Waals surface area contributed by atoms with Gasteiger partial charge in [0.25, 0.3) is 0 Å². The molecule has 0 saturated heterocycles. The fraction of sp³-hybridized carbons (Fsp3) is 0.667. The van der Waals surface area contributed by atoms with Gasteiger partial charge >= 0.3 is 0 Å². The molecule has 0 rings (SSSR count). The maximum atomic E-state index is 5.44. The lowest BCUT2D eigenvalue weighted by molar-refractivity contribution is 1.03. The summed E-state index contributed by atoms with van der Waals surface area (Å²) in [6.07, 6.45) is 4.08. The molecule has 7 heavy (non-hydrogen) atoms. The Morgan fingerprint density at radius 2 is 2.14 bits per heavy atom. The summed E-state index contributed by atoms with van der Waals surface area (Å²) in [7, 11) is 0. The van der Waals surface area contributed by atoms with Crippen LogP contribution in [0.15, 0.2) is 11.8 Å². The summed E-state index contributed by atoms with van der Waals surface area (Å²) in [5.41, 5.74) is 6.45. The van der Waals surface area contributed by atoms with Gasteiger partial charge in [-0.25, -0.2) is 0 Å². The van der Waals surface area contributed by atoms with E-state index >= 15 is 0 Å². The Morgan fingerprint density at radius 3 is 2.29 bits per heavy atom. The molecule has 0 aromatic carbocycles. The van der Waals surface area contributed by atoms with Crippen molar-refractivity contribution in [1.82, 2.24) is 0 Å². The van der Waals surface area contributed by atoms with Gasteiger partial charge in [-0.05, 0) is 12.8 Å². The molecule has 42 valence electrons. The Balaban J connectivity index is 3.29. The van der Waals surface area contributed by atoms with Crippen molar-refractivity contribution in [2.45, 2.75) is 26.7 Å². The van der Waals surface area contributed by atoms with Gasteiger partial charge < -0.3 is 5.73 Å². The Morgan fingerprint density at radius 1 is 1.57 bits per heavy atom. The highest BCUT2D eigenvalue weighted by Crippen LogP contribution is 1.90. The van der Waals surface area contributed by atoms with Gasteiger partial charge in [0, 0.05) is 5.70 Å². The molecule has 0 spiro atoms. The third-order valence-corrected chi connectivity index (χ3v) is 0.875. The molecule has 0 heterocycles. The van der Waals surface area contributed by atoms with Gasteiger partial charge in [-0.2, -0.15) is 0 Å². The average Bonchev–Trinajstić information content (AvgIpc) is 1.68. The van der Waals surface area contributed by atoms with E-state index in [0.29, 0.717) is 0 Å². The highest BCUT2D eigenvalue weighted by molar-refractivity contribution is 4.93. The minimum Gasteiger partial charge on any atom is -0.402 e. The van der Waals surface area contributed by atoms with Crippen LogP contribution in [0.2, 0.25) is 0 Å². The maximum Gasteiger partial charge on any atom is 0.00370 e. The molecular formula is C6H13N. The first kappa shape index (κ1) is 6.54. The monoisotopic (exact) mass is 99.1 g/mol. The van der Waals surface area contributed by atoms with Crippen molar-refractivity contribution < 1.29 is 0 Å². The van der Waals surface area contributed by atoms with Crippen molar-refractivity contribution in [2.24, 2.45) is 5.73 Å². The van der Waals surface area contributed by atoms with Crippen LogP contribution < -0.4 is 5.73 Å². The van der Waals surface area contributed by atoms with Crippen LogP contribution in [0.5, 0.6) is 0 Å². The first-order valence-corrected chi connectivity index (χ1v) is 2.75. The average molecular weight is 99.2 g/mol. The Bertz CT molecular complexity index is 64.6. The summed E-state index contributed by atoms with van der Waals surface area (Å²) in [6, 6.07) is 0. The van der Waals surface area contributed by atoms with E-state index in [1.807, 2.05) is 6.08 Å². The van der Waals surface area contributed by atoms with E-state index in [4.69, 9.17) is 5.73 Å². The van der Waals surface area contributed by atoms with E-state index in [2.05, 4.69) is 13.8 Å². The normalized spacial score (nSPS) is 12.0. The standard InChI is InChI=1S/C6H13N/c1-3-5-6(7)4-2/h5H,3-4,7H2,1-2H3/b6-5+. The number of hydrogen-bond acceptors (Lipinski definition) is 1. The van der Waals surface area contributed by atoms with E-state index in [0.717, 1.165) is 18.5 Å². The van der Waals surface area contributed by atoms with Gasteiger partial charge in [0.2, 0.25) is 0 Å². The van der Waals surface area contributed by atoms with Crippen LogP contribution in [0.25, 0.3) is 0 Å². The minimum atomic E-state index is 0.980. The number of nitrogens with two attached hydrogens (primary N) is 1. The fourth-order valence-electron chi connectivity index (χ4n) is 0.407. The topological polar surface area (TPSA) is 26.0 Å². The highest BCUT2D eigenvalue weighted by Gasteiger charge is 1.77. The van der Waals surface area contributed by atoms with Gasteiger partial charge in [0.05, 0.1) is 0 Å². The molecule has 0 aromatic heterocycles. The van der Waals surface area contributed by atoms with Crippen molar-refractivity contribution in [3.8, 4) is 0 Å². The van der Waals surface area contributed by atoms with Crippen molar-refractivity contribution in [1.29, 1.82) is 0 Å². The van der Waals surface area contributed by atoms with Crippen LogP contribution in [0.1, 0.15) is 26.7 Å². The molecule has 0 amide bonds. The molecule has 0 aliphatic heterocycles. The van der Waals surface area contributed by atoms with E-state index in [-0.39, 0.29) is 0 Å². The zero-order chi connectivity index (χ0) is 5.70. The number of hydrogen-bond donors (Lipinski definition) is 1. The molecule has 0 aliphatic carbocycles. The summed E-state index contributed by atoms with van der Waals surface area (Å²) in [5, 5.41) is 0. The Hall–Kier alpha value is -0.460. The maximum absolute atomic E-state index is 5.44. The molecule has 0 bridgehead atoms. The Labute approximate surface area is 45.2 Å². The summed E-state index contributed by atoms with van der Waals surface area (Å²) < 4.78 is 0. The van der Waals surface area contributed by atoms with Gasteiger partial charge in [-0.1, -0.05) is 19.9 Å². The van der Waals surface area contributed by atoms with Crippen molar-refractivity contribution in [2.75, 3.05) is 0 Å². The molecule has 0 radical (unpaired) electrons. The molecule has 0 atom stereocenters. The molecular weight excluding hydrogens is 86.1 g/mol. The van der Waals surface area contributed by atoms with E-state index in [1.54, 1.807) is 0 Å². The van der Waals surface area contributed by atoms with Crippen LogP contribution in [-0.4, -0.2) is 0 Å². The van der Waals surface area contributed by atoms with Crippen LogP contribution in [0, 0.1) is 0 Å². The highest BCUT2D eigenvalue weighted by atomic mass is 14.6. The molecule has 0 unspecified atom stereocenters. The van der Waals surface area contributed by atoms with E-state index in [1.165, 1.54) is 0 Å². The second kappa shape index (κ2) is 3.72. The van der Waals surface area contributed by atoms with Crippen LogP contribution >= 0.6 is 0 Å². The predicted molar refractivity (Wildman–Crippen MR) is 32.9 cm³/mol. The fourth-order valence-corrected chi connectivity index (χ4v) is 0.407. The van der Waals surface area contributed by atoms with Crippen LogP contribution in [0.4, 0.5) is 0 Å². The van der Waals surface area contributed by atoms with Gasteiger partial charge in [-0.3, -0.25) is 0 Å². The second-order valence-electron chi connectivity index (χ2n) is 1.54. The quantitative estimate of drug-likeness (QED) is 0.559. The molecule has 0 aliphatic rings. The lowest BCUT2D eigenvalue weighted by Crippen LogP contribution is -1.92. The molecule has 1 heteroatoms. The smallest absolute Gasteiger partial charge is 0.00370 e. The van der Waals surface area contributed by atoms with E-state index in [9.17, 15) is 0 Å². The van der Waals surface area contributed by atoms with Gasteiger partial charge in [-0.15, -0.1) is 0 Å². The predicted octanol–water partition coefficient (Wildman–Crippen LogP) is 1.65. The lowest BCUT2D eigenvalue weighted by Gasteiger charge is -1.89. The zero-order valence-electron chi connectivity index (χ0n) is 5.07. The molecule has 0 fully saturated rings. The first-order chi connectivity index (χ1) is 3.31. The third-order valence-electron chi connectivity index (χ3n) is 0.875.